The molecule has 7 nitrogen and oxygen atoms in total. The lowest BCUT2D eigenvalue weighted by molar-refractivity contribution is -0.136. The number of aromatic nitrogens is 1. The first kappa shape index (κ1) is 25.4. The number of carbonyl (C=O) groups is 2. The van der Waals surface area contributed by atoms with Crippen LogP contribution >= 0.6 is 12.8 Å². The van der Waals surface area contributed by atoms with Crippen LogP contribution in [0.1, 0.15) is 70.8 Å². The summed E-state index contributed by atoms with van der Waals surface area (Å²) in [6.45, 7) is 6.80. The van der Waals surface area contributed by atoms with Crippen molar-refractivity contribution in [2.24, 2.45) is 5.92 Å². The fourth-order valence-electron chi connectivity index (χ4n) is 6.48. The second-order valence-corrected chi connectivity index (χ2v) is 12.1. The zero-order valence-corrected chi connectivity index (χ0v) is 22.2. The molecule has 3 heterocycles. The van der Waals surface area contributed by atoms with E-state index in [-0.39, 0.29) is 35.6 Å². The molecular weight excluding hydrogens is 479 g/mol. The minimum Gasteiger partial charge on any atom is -0.444 e. The summed E-state index contributed by atoms with van der Waals surface area (Å²) < 4.78 is 21.4. The van der Waals surface area contributed by atoms with E-state index in [2.05, 4.69) is 10.3 Å². The highest BCUT2D eigenvalue weighted by atomic mass is 32.1. The van der Waals surface area contributed by atoms with E-state index in [1.54, 1.807) is 0 Å². The molecule has 2 saturated heterocycles. The molecule has 0 spiro atoms. The number of aromatic amines is 1. The standard InChI is InChI=1S/C27H37FN4O3S/c1-27(2,3)35-26(34)30-23(16-7-5-4-6-8-16)25(33)31-12-11-22-24(31)20(15-32(22)36)19-14-29-21-13-17(28)9-10-18(19)21/h9-10,13-14,16,20,22-24,29,36H,4-8,11-12,15H2,1-3H3,(H,30,34)/t20-,22-,23+,24-/m1/s1. The van der Waals surface area contributed by atoms with Gasteiger partial charge in [-0.1, -0.05) is 32.1 Å². The monoisotopic (exact) mass is 516 g/mol. The van der Waals surface area contributed by atoms with Crippen molar-refractivity contribution in [3.05, 3.63) is 35.8 Å². The van der Waals surface area contributed by atoms with Crippen molar-refractivity contribution in [2.45, 2.75) is 88.9 Å². The lowest BCUT2D eigenvalue weighted by atomic mass is 9.83. The van der Waals surface area contributed by atoms with Crippen molar-refractivity contribution in [1.82, 2.24) is 19.5 Å². The summed E-state index contributed by atoms with van der Waals surface area (Å²) in [5.74, 6) is -0.176. The fraction of sp³-hybridized carbons (Fsp3) is 0.630. The van der Waals surface area contributed by atoms with Gasteiger partial charge in [-0.15, -0.1) is 0 Å². The van der Waals surface area contributed by atoms with Gasteiger partial charge in [-0.3, -0.25) is 4.79 Å². The van der Waals surface area contributed by atoms with Crippen LogP contribution < -0.4 is 5.32 Å². The van der Waals surface area contributed by atoms with Crippen molar-refractivity contribution < 1.29 is 18.7 Å². The van der Waals surface area contributed by atoms with Crippen molar-refractivity contribution in [3.8, 4) is 0 Å². The third-order valence-corrected chi connectivity index (χ3v) is 8.48. The molecule has 0 bridgehead atoms. The summed E-state index contributed by atoms with van der Waals surface area (Å²) in [4.78, 5) is 32.1. The Bertz CT molecular complexity index is 1130. The third kappa shape index (κ3) is 4.96. The quantitative estimate of drug-likeness (QED) is 0.500. The number of fused-ring (bicyclic) bond motifs is 2. The zero-order valence-electron chi connectivity index (χ0n) is 21.3. The van der Waals surface area contributed by atoms with E-state index in [1.807, 2.05) is 42.2 Å². The Balaban J connectivity index is 1.43. The second kappa shape index (κ2) is 9.89. The molecule has 36 heavy (non-hydrogen) atoms. The first-order chi connectivity index (χ1) is 17.1. The van der Waals surface area contributed by atoms with Gasteiger partial charge >= 0.3 is 6.09 Å². The SMILES string of the molecule is CC(C)(C)OC(=O)N[C@H](C(=O)N1CC[C@@H]2[C@H]1[C@@H](c1c[nH]c3cc(F)ccc13)CN2S)C1CCCCC1. The number of H-pyrrole nitrogens is 1. The maximum Gasteiger partial charge on any atom is 0.408 e. The van der Waals surface area contributed by atoms with Crippen molar-refractivity contribution in [1.29, 1.82) is 0 Å². The molecule has 2 N–H and O–H groups in total. The van der Waals surface area contributed by atoms with E-state index >= 15 is 0 Å². The molecule has 2 amide bonds. The number of nitrogens with zero attached hydrogens (tertiary/aromatic N) is 2. The number of hydrogen-bond donors (Lipinski definition) is 3. The number of carbonyl (C=O) groups excluding carboxylic acids is 2. The third-order valence-electron chi connectivity index (χ3n) is 8.02. The summed E-state index contributed by atoms with van der Waals surface area (Å²) in [6.07, 6.45) is 7.36. The van der Waals surface area contributed by atoms with Crippen LogP contribution in [0.5, 0.6) is 0 Å². The van der Waals surface area contributed by atoms with Gasteiger partial charge in [0.25, 0.3) is 0 Å². The van der Waals surface area contributed by atoms with E-state index in [4.69, 9.17) is 17.6 Å². The van der Waals surface area contributed by atoms with E-state index in [9.17, 15) is 14.0 Å². The van der Waals surface area contributed by atoms with Gasteiger partial charge in [0.05, 0.1) is 6.04 Å². The predicted molar refractivity (Wildman–Crippen MR) is 140 cm³/mol. The number of likely N-dealkylation sites (tertiary alicyclic amines) is 1. The maximum absolute atomic E-state index is 14.2. The maximum atomic E-state index is 14.2. The van der Waals surface area contributed by atoms with Gasteiger partial charge in [0.2, 0.25) is 5.91 Å². The highest BCUT2D eigenvalue weighted by Crippen LogP contribution is 2.44. The van der Waals surface area contributed by atoms with Crippen LogP contribution in [0.25, 0.3) is 10.9 Å². The number of thiol groups is 1. The van der Waals surface area contributed by atoms with Crippen molar-refractivity contribution in [3.63, 3.8) is 0 Å². The number of nitrogens with one attached hydrogen (secondary N) is 2. The molecule has 3 aliphatic rings. The number of amides is 2. The summed E-state index contributed by atoms with van der Waals surface area (Å²) in [6, 6.07) is 4.25. The smallest absolute Gasteiger partial charge is 0.408 e. The van der Waals surface area contributed by atoms with Crippen LogP contribution in [0.2, 0.25) is 0 Å². The topological polar surface area (TPSA) is 77.7 Å². The lowest BCUT2D eigenvalue weighted by Crippen LogP contribution is -2.55. The number of benzene rings is 1. The van der Waals surface area contributed by atoms with Gasteiger partial charge < -0.3 is 19.9 Å². The number of alkyl carbamates (subject to hydrolysis) is 1. The van der Waals surface area contributed by atoms with E-state index < -0.39 is 17.7 Å². The van der Waals surface area contributed by atoms with Gasteiger partial charge in [0.1, 0.15) is 17.5 Å². The molecule has 2 aromatic rings. The first-order valence-corrected chi connectivity index (χ1v) is 13.5. The molecule has 2 aliphatic heterocycles. The average molecular weight is 517 g/mol. The summed E-state index contributed by atoms with van der Waals surface area (Å²) in [5.41, 5.74) is 1.19. The fourth-order valence-corrected chi connectivity index (χ4v) is 6.91. The average Bonchev–Trinajstić information content (AvgIpc) is 3.51. The van der Waals surface area contributed by atoms with Gasteiger partial charge in [-0.05, 0) is 69.7 Å². The minimum absolute atomic E-state index is 0.0280. The van der Waals surface area contributed by atoms with Crippen molar-refractivity contribution >= 4 is 35.7 Å². The van der Waals surface area contributed by atoms with Gasteiger partial charge in [-0.2, -0.15) is 0 Å². The molecule has 9 heteroatoms. The molecule has 4 atom stereocenters. The van der Waals surface area contributed by atoms with E-state index in [0.717, 1.165) is 55.0 Å². The second-order valence-electron chi connectivity index (χ2n) is 11.6. The van der Waals surface area contributed by atoms with E-state index in [1.165, 1.54) is 12.1 Å². The Morgan fingerprint density at radius 1 is 1.19 bits per heavy atom. The van der Waals surface area contributed by atoms with Crippen LogP contribution in [-0.2, 0) is 9.53 Å². The molecule has 0 radical (unpaired) electrons. The van der Waals surface area contributed by atoms with Crippen LogP contribution in [0, 0.1) is 11.7 Å². The zero-order chi connectivity index (χ0) is 25.6. The molecule has 1 aromatic carbocycles. The number of hydrogen-bond acceptors (Lipinski definition) is 5. The summed E-state index contributed by atoms with van der Waals surface area (Å²) >= 11 is 4.77. The first-order valence-electron chi connectivity index (χ1n) is 13.1. The van der Waals surface area contributed by atoms with Crippen LogP contribution in [-0.4, -0.2) is 63.0 Å². The lowest BCUT2D eigenvalue weighted by Gasteiger charge is -2.36. The molecule has 1 aliphatic carbocycles. The largest absolute Gasteiger partial charge is 0.444 e. The highest BCUT2D eigenvalue weighted by molar-refractivity contribution is 7.77. The summed E-state index contributed by atoms with van der Waals surface area (Å²) in [7, 11) is 0. The predicted octanol–water partition coefficient (Wildman–Crippen LogP) is 4.99. The summed E-state index contributed by atoms with van der Waals surface area (Å²) in [5, 5.41) is 3.93. The molecule has 196 valence electrons. The van der Waals surface area contributed by atoms with Gasteiger partial charge in [0.15, 0.2) is 0 Å². The Morgan fingerprint density at radius 2 is 1.94 bits per heavy atom. The number of rotatable bonds is 4. The molecule has 1 aromatic heterocycles. The molecule has 5 rings (SSSR count). The van der Waals surface area contributed by atoms with Crippen LogP contribution in [0.4, 0.5) is 9.18 Å². The Kier molecular flexibility index (Phi) is 6.98. The Hall–Kier alpha value is -2.26. The number of ether oxygens (including phenoxy) is 1. The highest BCUT2D eigenvalue weighted by Gasteiger charge is 2.52. The van der Waals surface area contributed by atoms with E-state index in [0.29, 0.717) is 13.1 Å². The van der Waals surface area contributed by atoms with Gasteiger partial charge in [-0.25, -0.2) is 13.5 Å². The normalized spacial score (nSPS) is 26.2. The van der Waals surface area contributed by atoms with Crippen LogP contribution in [0.15, 0.2) is 24.4 Å². The molecular formula is C27H37FN4O3S. The van der Waals surface area contributed by atoms with Crippen molar-refractivity contribution in [2.75, 3.05) is 13.1 Å². The molecule has 3 fully saturated rings. The molecule has 1 saturated carbocycles. The Morgan fingerprint density at radius 3 is 2.67 bits per heavy atom. The number of halogens is 1. The Labute approximate surface area is 217 Å². The molecule has 0 unspecified atom stereocenters. The van der Waals surface area contributed by atoms with Crippen LogP contribution in [0.3, 0.4) is 0 Å². The minimum atomic E-state index is -0.638. The van der Waals surface area contributed by atoms with Gasteiger partial charge in [0, 0.05) is 42.1 Å².